The molecule has 1 aromatic rings. The summed E-state index contributed by atoms with van der Waals surface area (Å²) in [4.78, 5) is 22.4. The van der Waals surface area contributed by atoms with Crippen LogP contribution in [0, 0.1) is 10.1 Å². The number of non-ortho nitro benzene ring substituents is 1. The van der Waals surface area contributed by atoms with Crippen molar-refractivity contribution in [2.24, 2.45) is 0 Å². The Kier molecular flexibility index (Phi) is 5.89. The molecular weight excluding hydrogens is 336 g/mol. The maximum atomic E-state index is 12.0. The topological polar surface area (TPSA) is 72.2 Å². The largest absolute Gasteiger partial charge is 0.324 e. The molecule has 21 heavy (non-hydrogen) atoms. The zero-order chi connectivity index (χ0) is 16.2. The van der Waals surface area contributed by atoms with Crippen molar-refractivity contribution in [2.75, 3.05) is 5.32 Å². The Hall–Kier alpha value is -1.43. The SMILES string of the molecule is CC.CC.O=C1Nc2c(Br)cc([N+](=O)[O-])cc2C12CCC2. The number of benzene rings is 1. The Morgan fingerprint density at radius 2 is 1.81 bits per heavy atom. The zero-order valence-corrected chi connectivity index (χ0v) is 14.4. The van der Waals surface area contributed by atoms with Gasteiger partial charge in [-0.2, -0.15) is 0 Å². The van der Waals surface area contributed by atoms with Gasteiger partial charge in [0, 0.05) is 16.6 Å². The molecule has 0 unspecified atom stereocenters. The number of nitro groups is 1. The highest BCUT2D eigenvalue weighted by molar-refractivity contribution is 9.10. The minimum absolute atomic E-state index is 0.0263. The Bertz CT molecular complexity index is 554. The molecular formula is C15H21BrN2O3. The third-order valence-electron chi connectivity index (χ3n) is 3.68. The molecule has 1 saturated carbocycles. The molecule has 0 atom stereocenters. The van der Waals surface area contributed by atoms with Crippen LogP contribution >= 0.6 is 15.9 Å². The highest BCUT2D eigenvalue weighted by Gasteiger charge is 2.52. The van der Waals surface area contributed by atoms with E-state index in [1.807, 2.05) is 27.7 Å². The van der Waals surface area contributed by atoms with Crippen LogP contribution in [-0.4, -0.2) is 10.8 Å². The van der Waals surface area contributed by atoms with Crippen molar-refractivity contribution in [3.05, 3.63) is 32.3 Å². The predicted molar refractivity (Wildman–Crippen MR) is 87.7 cm³/mol. The molecule has 1 amide bonds. The number of carbonyl (C=O) groups excluding carboxylic acids is 1. The molecule has 0 saturated heterocycles. The van der Waals surface area contributed by atoms with E-state index in [0.29, 0.717) is 10.2 Å². The molecule has 116 valence electrons. The number of fused-ring (bicyclic) bond motifs is 2. The van der Waals surface area contributed by atoms with Crippen molar-refractivity contribution >= 4 is 33.2 Å². The first kappa shape index (κ1) is 17.6. The number of amides is 1. The smallest absolute Gasteiger partial charge is 0.271 e. The number of rotatable bonds is 1. The number of nitrogens with one attached hydrogen (secondary N) is 1. The van der Waals surface area contributed by atoms with E-state index in [-0.39, 0.29) is 11.6 Å². The molecule has 1 spiro atoms. The van der Waals surface area contributed by atoms with Crippen LogP contribution in [0.1, 0.15) is 52.5 Å². The van der Waals surface area contributed by atoms with Crippen molar-refractivity contribution in [3.8, 4) is 0 Å². The molecule has 1 fully saturated rings. The lowest BCUT2D eigenvalue weighted by atomic mass is 9.65. The van der Waals surface area contributed by atoms with Gasteiger partial charge in [-0.25, -0.2) is 0 Å². The van der Waals surface area contributed by atoms with E-state index in [4.69, 9.17) is 0 Å². The first-order chi connectivity index (χ1) is 10.0. The van der Waals surface area contributed by atoms with Crippen molar-refractivity contribution in [1.82, 2.24) is 0 Å². The first-order valence-electron chi connectivity index (χ1n) is 7.34. The second-order valence-corrected chi connectivity index (χ2v) is 5.35. The lowest BCUT2D eigenvalue weighted by molar-refractivity contribution is -0.385. The summed E-state index contributed by atoms with van der Waals surface area (Å²) in [6.45, 7) is 8.00. The monoisotopic (exact) mass is 356 g/mol. The van der Waals surface area contributed by atoms with E-state index in [2.05, 4.69) is 21.2 Å². The van der Waals surface area contributed by atoms with Gasteiger partial charge in [-0.3, -0.25) is 14.9 Å². The van der Waals surface area contributed by atoms with Crippen LogP contribution in [0.15, 0.2) is 16.6 Å². The summed E-state index contributed by atoms with van der Waals surface area (Å²) in [6, 6.07) is 2.95. The first-order valence-corrected chi connectivity index (χ1v) is 8.14. The Morgan fingerprint density at radius 3 is 2.24 bits per heavy atom. The zero-order valence-electron chi connectivity index (χ0n) is 12.8. The number of carbonyl (C=O) groups is 1. The van der Waals surface area contributed by atoms with Gasteiger partial charge in [0.1, 0.15) is 0 Å². The highest BCUT2D eigenvalue weighted by Crippen LogP contribution is 2.53. The van der Waals surface area contributed by atoms with Crippen molar-refractivity contribution < 1.29 is 9.72 Å². The summed E-state index contributed by atoms with van der Waals surface area (Å²) in [5.41, 5.74) is 0.984. The van der Waals surface area contributed by atoms with Gasteiger partial charge in [-0.15, -0.1) is 0 Å². The second kappa shape index (κ2) is 7.02. The number of hydrogen-bond donors (Lipinski definition) is 1. The maximum Gasteiger partial charge on any atom is 0.271 e. The van der Waals surface area contributed by atoms with Crippen LogP contribution in [0.5, 0.6) is 0 Å². The molecule has 0 bridgehead atoms. The Labute approximate surface area is 133 Å². The molecule has 5 nitrogen and oxygen atoms in total. The van der Waals surface area contributed by atoms with Gasteiger partial charge in [0.05, 0.1) is 16.0 Å². The average molecular weight is 357 g/mol. The summed E-state index contributed by atoms with van der Waals surface area (Å²) in [5.74, 6) is -0.0278. The molecule has 1 aliphatic heterocycles. The van der Waals surface area contributed by atoms with E-state index >= 15 is 0 Å². The molecule has 1 N–H and O–H groups in total. The molecule has 1 aliphatic carbocycles. The number of anilines is 1. The van der Waals surface area contributed by atoms with Crippen molar-refractivity contribution in [2.45, 2.75) is 52.4 Å². The Balaban J connectivity index is 0.000000510. The van der Waals surface area contributed by atoms with E-state index < -0.39 is 10.3 Å². The van der Waals surface area contributed by atoms with Crippen LogP contribution in [-0.2, 0) is 10.2 Å². The van der Waals surface area contributed by atoms with E-state index in [1.54, 1.807) is 0 Å². The standard InChI is InChI=1S/C11H9BrN2O3.2C2H6/c12-8-5-6(14(16)17)4-7-9(8)13-10(15)11(7)2-1-3-11;2*1-2/h4-5H,1-3H2,(H,13,15);2*1-2H3. The minimum Gasteiger partial charge on any atom is -0.324 e. The van der Waals surface area contributed by atoms with Gasteiger partial charge in [0.15, 0.2) is 0 Å². The number of hydrogen-bond acceptors (Lipinski definition) is 3. The minimum atomic E-state index is -0.510. The van der Waals surface area contributed by atoms with Crippen LogP contribution in [0.2, 0.25) is 0 Å². The van der Waals surface area contributed by atoms with Crippen molar-refractivity contribution in [1.29, 1.82) is 0 Å². The molecule has 0 radical (unpaired) electrons. The molecule has 1 heterocycles. The second-order valence-electron chi connectivity index (χ2n) is 4.50. The fourth-order valence-corrected chi connectivity index (χ4v) is 3.13. The van der Waals surface area contributed by atoms with Crippen LogP contribution in [0.4, 0.5) is 11.4 Å². The molecule has 0 aromatic heterocycles. The third kappa shape index (κ3) is 2.81. The van der Waals surface area contributed by atoms with Gasteiger partial charge in [-0.05, 0) is 34.3 Å². The van der Waals surface area contributed by atoms with Gasteiger partial charge in [-0.1, -0.05) is 34.1 Å². The van der Waals surface area contributed by atoms with Gasteiger partial charge in [0.25, 0.3) is 5.69 Å². The van der Waals surface area contributed by atoms with E-state index in [0.717, 1.165) is 24.8 Å². The Morgan fingerprint density at radius 1 is 1.24 bits per heavy atom. The fraction of sp³-hybridized carbons (Fsp3) is 0.533. The summed E-state index contributed by atoms with van der Waals surface area (Å²) in [5, 5.41) is 13.6. The van der Waals surface area contributed by atoms with Crippen LogP contribution < -0.4 is 5.32 Å². The molecule has 6 heteroatoms. The third-order valence-corrected chi connectivity index (χ3v) is 4.31. The van der Waals surface area contributed by atoms with E-state index in [1.165, 1.54) is 12.1 Å². The normalized spacial score (nSPS) is 16.5. The highest BCUT2D eigenvalue weighted by atomic mass is 79.9. The summed E-state index contributed by atoms with van der Waals surface area (Å²) < 4.78 is 0.582. The lowest BCUT2D eigenvalue weighted by Gasteiger charge is -2.35. The molecule has 3 rings (SSSR count). The number of nitro benzene ring substituents is 1. The number of nitrogens with zero attached hydrogens (tertiary/aromatic N) is 1. The fourth-order valence-electron chi connectivity index (χ4n) is 2.58. The van der Waals surface area contributed by atoms with Crippen LogP contribution in [0.25, 0.3) is 0 Å². The summed E-state index contributed by atoms with van der Waals surface area (Å²) >= 11 is 3.28. The van der Waals surface area contributed by atoms with Crippen molar-refractivity contribution in [3.63, 3.8) is 0 Å². The number of halogens is 1. The predicted octanol–water partition coefficient (Wildman–Crippen LogP) is 4.78. The molecule has 2 aliphatic rings. The summed E-state index contributed by atoms with van der Waals surface area (Å²) in [7, 11) is 0. The van der Waals surface area contributed by atoms with Crippen LogP contribution in [0.3, 0.4) is 0 Å². The molecule has 1 aromatic carbocycles. The van der Waals surface area contributed by atoms with Gasteiger partial charge >= 0.3 is 0 Å². The van der Waals surface area contributed by atoms with E-state index in [9.17, 15) is 14.9 Å². The lowest BCUT2D eigenvalue weighted by Crippen LogP contribution is -2.40. The quantitative estimate of drug-likeness (QED) is 0.580. The van der Waals surface area contributed by atoms with Gasteiger partial charge < -0.3 is 5.32 Å². The summed E-state index contributed by atoms with van der Waals surface area (Å²) in [6.07, 6.45) is 2.55. The average Bonchev–Trinajstić information content (AvgIpc) is 2.76. The maximum absolute atomic E-state index is 12.0. The van der Waals surface area contributed by atoms with Gasteiger partial charge in [0.2, 0.25) is 5.91 Å².